The maximum Gasteiger partial charge on any atom is 0.410 e. The van der Waals surface area contributed by atoms with Crippen LogP contribution in [0, 0.1) is 0 Å². The molecule has 1 fully saturated rings. The summed E-state index contributed by atoms with van der Waals surface area (Å²) in [5, 5.41) is 0. The zero-order chi connectivity index (χ0) is 13.8. The molecule has 2 amide bonds. The Labute approximate surface area is 108 Å². The number of hydroxylamine groups is 1. The van der Waals surface area contributed by atoms with Crippen LogP contribution in [0.15, 0.2) is 0 Å². The van der Waals surface area contributed by atoms with Crippen molar-refractivity contribution in [3.63, 3.8) is 0 Å². The quantitative estimate of drug-likeness (QED) is 0.761. The van der Waals surface area contributed by atoms with E-state index in [1.807, 2.05) is 20.8 Å². The molecule has 0 spiro atoms. The van der Waals surface area contributed by atoms with Crippen LogP contribution in [0.3, 0.4) is 0 Å². The van der Waals surface area contributed by atoms with Gasteiger partial charge in [0.05, 0.1) is 6.10 Å². The van der Waals surface area contributed by atoms with Crippen molar-refractivity contribution in [3.05, 3.63) is 0 Å². The van der Waals surface area contributed by atoms with Gasteiger partial charge in [-0.25, -0.2) is 10.3 Å². The lowest BCUT2D eigenvalue weighted by atomic mass is 10.1. The number of amides is 2. The van der Waals surface area contributed by atoms with E-state index in [-0.39, 0.29) is 18.1 Å². The van der Waals surface area contributed by atoms with Crippen LogP contribution in [0.2, 0.25) is 0 Å². The van der Waals surface area contributed by atoms with Crippen molar-refractivity contribution in [2.45, 2.75) is 52.2 Å². The van der Waals surface area contributed by atoms with Crippen LogP contribution >= 0.6 is 0 Å². The molecular formula is C12H22N2O4. The van der Waals surface area contributed by atoms with Gasteiger partial charge in [-0.15, -0.1) is 0 Å². The first-order chi connectivity index (χ1) is 8.28. The van der Waals surface area contributed by atoms with Gasteiger partial charge in [-0.1, -0.05) is 0 Å². The lowest BCUT2D eigenvalue weighted by molar-refractivity contribution is -0.138. The zero-order valence-corrected chi connectivity index (χ0v) is 11.5. The highest BCUT2D eigenvalue weighted by molar-refractivity contribution is 5.71. The number of rotatable bonds is 2. The van der Waals surface area contributed by atoms with Gasteiger partial charge in [-0.2, -0.15) is 0 Å². The molecule has 0 radical (unpaired) electrons. The van der Waals surface area contributed by atoms with Gasteiger partial charge in [0.2, 0.25) is 5.91 Å². The smallest absolute Gasteiger partial charge is 0.410 e. The number of carbonyl (C=O) groups excluding carboxylic acids is 2. The second-order valence-electron chi connectivity index (χ2n) is 5.44. The highest BCUT2D eigenvalue weighted by Gasteiger charge is 2.27. The van der Waals surface area contributed by atoms with Crippen LogP contribution in [-0.4, -0.2) is 41.7 Å². The second-order valence-corrected chi connectivity index (χ2v) is 5.44. The summed E-state index contributed by atoms with van der Waals surface area (Å²) in [5.41, 5.74) is 1.85. The number of nitrogens with one attached hydrogen (secondary N) is 1. The fourth-order valence-corrected chi connectivity index (χ4v) is 1.65. The number of carbonyl (C=O) groups is 2. The second kappa shape index (κ2) is 6.04. The molecule has 0 atom stereocenters. The standard InChI is InChI=1S/C12H22N2O4/c1-9(15)13-18-10-5-7-14(8-6-10)11(16)17-12(2,3)4/h10H,5-8H2,1-4H3,(H,13,15). The van der Waals surface area contributed by atoms with E-state index in [4.69, 9.17) is 9.57 Å². The summed E-state index contributed by atoms with van der Waals surface area (Å²) in [6, 6.07) is 0. The largest absolute Gasteiger partial charge is 0.444 e. The summed E-state index contributed by atoms with van der Waals surface area (Å²) in [7, 11) is 0. The van der Waals surface area contributed by atoms with Crippen LogP contribution in [0.1, 0.15) is 40.5 Å². The Morgan fingerprint density at radius 1 is 1.22 bits per heavy atom. The maximum absolute atomic E-state index is 11.8. The van der Waals surface area contributed by atoms with Gasteiger partial charge in [0, 0.05) is 20.0 Å². The predicted octanol–water partition coefficient (Wildman–Crippen LogP) is 1.45. The van der Waals surface area contributed by atoms with Crippen LogP contribution in [0.5, 0.6) is 0 Å². The fourth-order valence-electron chi connectivity index (χ4n) is 1.65. The van der Waals surface area contributed by atoms with Crippen molar-refractivity contribution in [2.24, 2.45) is 0 Å². The van der Waals surface area contributed by atoms with E-state index < -0.39 is 5.60 Å². The molecule has 1 N–H and O–H groups in total. The Kier molecular flexibility index (Phi) is 4.95. The summed E-state index contributed by atoms with van der Waals surface area (Å²) >= 11 is 0. The summed E-state index contributed by atoms with van der Waals surface area (Å²) in [6.07, 6.45) is 1.06. The third-order valence-electron chi connectivity index (χ3n) is 2.46. The minimum Gasteiger partial charge on any atom is -0.444 e. The van der Waals surface area contributed by atoms with E-state index >= 15 is 0 Å². The zero-order valence-electron chi connectivity index (χ0n) is 11.5. The first kappa shape index (κ1) is 14.8. The molecule has 6 nitrogen and oxygen atoms in total. The molecule has 104 valence electrons. The fraction of sp³-hybridized carbons (Fsp3) is 0.833. The monoisotopic (exact) mass is 258 g/mol. The molecule has 1 heterocycles. The predicted molar refractivity (Wildman–Crippen MR) is 65.7 cm³/mol. The molecule has 6 heteroatoms. The average Bonchev–Trinajstić information content (AvgIpc) is 2.24. The van der Waals surface area contributed by atoms with Crippen LogP contribution in [0.25, 0.3) is 0 Å². The first-order valence-electron chi connectivity index (χ1n) is 6.18. The lowest BCUT2D eigenvalue weighted by Crippen LogP contribution is -2.44. The first-order valence-corrected chi connectivity index (χ1v) is 6.18. The number of hydrogen-bond donors (Lipinski definition) is 1. The van der Waals surface area contributed by atoms with E-state index in [0.717, 1.165) is 0 Å². The maximum atomic E-state index is 11.8. The van der Waals surface area contributed by atoms with Crippen LogP contribution in [0.4, 0.5) is 4.79 Å². The van der Waals surface area contributed by atoms with E-state index in [1.54, 1.807) is 4.90 Å². The van der Waals surface area contributed by atoms with Gasteiger partial charge in [0.1, 0.15) is 5.60 Å². The Hall–Kier alpha value is -1.30. The lowest BCUT2D eigenvalue weighted by Gasteiger charge is -2.32. The van der Waals surface area contributed by atoms with E-state index in [0.29, 0.717) is 25.9 Å². The van der Waals surface area contributed by atoms with Crippen LogP contribution < -0.4 is 5.48 Å². The van der Waals surface area contributed by atoms with E-state index in [2.05, 4.69) is 5.48 Å². The van der Waals surface area contributed by atoms with Gasteiger partial charge in [-0.05, 0) is 33.6 Å². The molecule has 0 aromatic heterocycles. The van der Waals surface area contributed by atoms with Crippen molar-refractivity contribution in [2.75, 3.05) is 13.1 Å². The van der Waals surface area contributed by atoms with Gasteiger partial charge < -0.3 is 9.64 Å². The molecule has 1 aliphatic rings. The highest BCUT2D eigenvalue weighted by Crippen LogP contribution is 2.16. The number of likely N-dealkylation sites (tertiary alicyclic amines) is 1. The van der Waals surface area contributed by atoms with Gasteiger partial charge in [-0.3, -0.25) is 9.63 Å². The van der Waals surface area contributed by atoms with E-state index in [1.165, 1.54) is 6.92 Å². The number of nitrogens with zero attached hydrogens (tertiary/aromatic N) is 1. The molecule has 0 aromatic rings. The highest BCUT2D eigenvalue weighted by atomic mass is 16.7. The molecule has 1 saturated heterocycles. The molecule has 0 bridgehead atoms. The van der Waals surface area contributed by atoms with Gasteiger partial charge in [0.15, 0.2) is 0 Å². The van der Waals surface area contributed by atoms with Crippen molar-refractivity contribution in [1.82, 2.24) is 10.4 Å². The summed E-state index contributed by atoms with van der Waals surface area (Å²) in [5.74, 6) is -0.218. The van der Waals surface area contributed by atoms with Gasteiger partial charge in [0.25, 0.3) is 0 Å². The molecule has 1 aliphatic heterocycles. The topological polar surface area (TPSA) is 67.9 Å². The SMILES string of the molecule is CC(=O)NOC1CCN(C(=O)OC(C)(C)C)CC1. The molecule has 0 unspecified atom stereocenters. The van der Waals surface area contributed by atoms with Crippen molar-refractivity contribution >= 4 is 12.0 Å². The number of piperidine rings is 1. The third kappa shape index (κ3) is 5.35. The van der Waals surface area contributed by atoms with Crippen LogP contribution in [-0.2, 0) is 14.4 Å². The number of hydrogen-bond acceptors (Lipinski definition) is 4. The number of ether oxygens (including phenoxy) is 1. The summed E-state index contributed by atoms with van der Waals surface area (Å²) < 4.78 is 5.29. The molecule has 1 rings (SSSR count). The molecule has 0 saturated carbocycles. The Bertz CT molecular complexity index is 304. The Morgan fingerprint density at radius 3 is 2.22 bits per heavy atom. The summed E-state index contributed by atoms with van der Waals surface area (Å²) in [6.45, 7) is 8.10. The molecule has 18 heavy (non-hydrogen) atoms. The molecular weight excluding hydrogens is 236 g/mol. The minimum absolute atomic E-state index is 0.0346. The third-order valence-corrected chi connectivity index (χ3v) is 2.46. The molecule has 0 aromatic carbocycles. The molecule has 0 aliphatic carbocycles. The minimum atomic E-state index is -0.472. The van der Waals surface area contributed by atoms with Crippen molar-refractivity contribution in [3.8, 4) is 0 Å². The van der Waals surface area contributed by atoms with Crippen molar-refractivity contribution in [1.29, 1.82) is 0 Å². The average molecular weight is 258 g/mol. The summed E-state index contributed by atoms with van der Waals surface area (Å²) in [4.78, 5) is 29.3. The Morgan fingerprint density at radius 2 is 1.78 bits per heavy atom. The Balaban J connectivity index is 2.30. The van der Waals surface area contributed by atoms with Crippen molar-refractivity contribution < 1.29 is 19.2 Å². The van der Waals surface area contributed by atoms with E-state index in [9.17, 15) is 9.59 Å². The van der Waals surface area contributed by atoms with Gasteiger partial charge >= 0.3 is 6.09 Å². The normalized spacial score (nSPS) is 17.4.